The Morgan fingerprint density at radius 1 is 0.750 bits per heavy atom. The van der Waals surface area contributed by atoms with Crippen LogP contribution in [0.25, 0.3) is 0 Å². The van der Waals surface area contributed by atoms with Gasteiger partial charge in [-0.2, -0.15) is 0 Å². The van der Waals surface area contributed by atoms with Crippen molar-refractivity contribution in [3.8, 4) is 0 Å². The van der Waals surface area contributed by atoms with Crippen LogP contribution in [0.1, 0.15) is 0 Å². The topological polar surface area (TPSA) is 12.9 Å². The second-order valence-electron chi connectivity index (χ2n) is 1.02. The molecule has 0 radical (unpaired) electrons. The Hall–Kier alpha value is 0.397. The number of pyridine rings is 1. The Bertz CT molecular complexity index is 82.4. The van der Waals surface area contributed by atoms with E-state index in [2.05, 4.69) is 4.98 Å². The molecule has 0 aliphatic rings. The Balaban J connectivity index is 0. The minimum atomic E-state index is 0. The molecule has 0 fully saturated rings. The van der Waals surface area contributed by atoms with Gasteiger partial charge in [0.15, 0.2) is 0 Å². The van der Waals surface area contributed by atoms with E-state index in [0.717, 1.165) is 0 Å². The van der Waals surface area contributed by atoms with Crippen LogP contribution in [0.5, 0.6) is 0 Å². The molecule has 0 bridgehead atoms. The molecule has 0 N–H and O–H groups in total. The van der Waals surface area contributed by atoms with Crippen LogP contribution in [0.15, 0.2) is 30.6 Å². The zero-order valence-corrected chi connectivity index (χ0v) is 10.7. The van der Waals surface area contributed by atoms with Crippen LogP contribution in [-0.2, 0) is 39.0 Å². The first kappa shape index (κ1) is 11.2. The summed E-state index contributed by atoms with van der Waals surface area (Å²) in [5.41, 5.74) is 0. The fourth-order valence-electron chi connectivity index (χ4n) is 0.313. The first-order valence-corrected chi connectivity index (χ1v) is 1.85. The molecule has 8 heavy (non-hydrogen) atoms. The van der Waals surface area contributed by atoms with Crippen molar-refractivity contribution < 1.29 is 39.0 Å². The summed E-state index contributed by atoms with van der Waals surface area (Å²) in [6.45, 7) is 0. The zero-order chi connectivity index (χ0) is 4.24. The van der Waals surface area contributed by atoms with Crippen LogP contribution in [0, 0.1) is 0 Å². The van der Waals surface area contributed by atoms with Crippen molar-refractivity contribution in [3.05, 3.63) is 30.6 Å². The van der Waals surface area contributed by atoms with Crippen LogP contribution in [-0.4, -0.2) is 4.98 Å². The number of nitrogens with zero attached hydrogens (tertiary/aromatic N) is 1. The van der Waals surface area contributed by atoms with Crippen LogP contribution >= 0.6 is 0 Å². The van der Waals surface area contributed by atoms with E-state index in [-0.39, 0.29) is 39.0 Å². The summed E-state index contributed by atoms with van der Waals surface area (Å²) in [4.78, 5) is 3.78. The molecule has 0 atom stereocenters. The molecular weight excluding hydrogens is 205 g/mol. The zero-order valence-electron chi connectivity index (χ0n) is 4.75. The van der Waals surface area contributed by atoms with Crippen molar-refractivity contribution in [1.82, 2.24) is 4.98 Å². The van der Waals surface area contributed by atoms with Crippen LogP contribution in [0.3, 0.4) is 0 Å². The van der Waals surface area contributed by atoms with Crippen LogP contribution < -0.4 is 0 Å². The molecule has 34 valence electrons. The van der Waals surface area contributed by atoms with E-state index in [9.17, 15) is 0 Å². The van der Waals surface area contributed by atoms with Crippen molar-refractivity contribution in [2.45, 2.75) is 0 Å². The molecule has 0 aliphatic carbocycles. The SMILES string of the molecule is [Zn].[Zn].c1ccncc1. The largest absolute Gasteiger partial charge is 0.265 e. The van der Waals surface area contributed by atoms with E-state index in [0.29, 0.717) is 0 Å². The van der Waals surface area contributed by atoms with Crippen molar-refractivity contribution >= 4 is 0 Å². The Morgan fingerprint density at radius 3 is 1.38 bits per heavy atom. The minimum absolute atomic E-state index is 0. The maximum atomic E-state index is 3.78. The average molecular weight is 210 g/mol. The molecule has 0 amide bonds. The molecule has 0 aliphatic heterocycles. The molecule has 1 heterocycles. The number of rotatable bonds is 0. The van der Waals surface area contributed by atoms with Crippen molar-refractivity contribution in [2.75, 3.05) is 0 Å². The van der Waals surface area contributed by atoms with Gasteiger partial charge in [-0.15, -0.1) is 0 Å². The summed E-state index contributed by atoms with van der Waals surface area (Å²) in [6.07, 6.45) is 3.50. The van der Waals surface area contributed by atoms with E-state index in [1.165, 1.54) is 0 Å². The fourth-order valence-corrected chi connectivity index (χ4v) is 0.313. The minimum Gasteiger partial charge on any atom is -0.265 e. The maximum Gasteiger partial charge on any atom is 0.0267 e. The number of hydrogen-bond donors (Lipinski definition) is 0. The quantitative estimate of drug-likeness (QED) is 0.583. The van der Waals surface area contributed by atoms with Crippen molar-refractivity contribution in [2.24, 2.45) is 0 Å². The monoisotopic (exact) mass is 207 g/mol. The normalized spacial score (nSPS) is 6.00. The van der Waals surface area contributed by atoms with Crippen LogP contribution in [0.4, 0.5) is 0 Å². The molecular formula is C5H5NZn2. The second kappa shape index (κ2) is 7.40. The van der Waals surface area contributed by atoms with Gasteiger partial charge in [-0.3, -0.25) is 4.98 Å². The summed E-state index contributed by atoms with van der Waals surface area (Å²) in [5, 5.41) is 0. The molecule has 3 heteroatoms. The summed E-state index contributed by atoms with van der Waals surface area (Å²) in [5.74, 6) is 0. The van der Waals surface area contributed by atoms with Gasteiger partial charge in [0.1, 0.15) is 0 Å². The van der Waals surface area contributed by atoms with Crippen molar-refractivity contribution in [3.63, 3.8) is 0 Å². The van der Waals surface area contributed by atoms with Gasteiger partial charge in [0.05, 0.1) is 0 Å². The van der Waals surface area contributed by atoms with Gasteiger partial charge in [-0.1, -0.05) is 6.07 Å². The third-order valence-electron chi connectivity index (χ3n) is 0.566. The summed E-state index contributed by atoms with van der Waals surface area (Å²) in [7, 11) is 0. The maximum absolute atomic E-state index is 3.78. The average Bonchev–Trinajstić information content (AvgIpc) is 1.72. The van der Waals surface area contributed by atoms with E-state index in [1.807, 2.05) is 18.2 Å². The molecule has 1 rings (SSSR count). The molecule has 1 aromatic heterocycles. The molecule has 0 saturated heterocycles. The van der Waals surface area contributed by atoms with Gasteiger partial charge < -0.3 is 0 Å². The predicted molar refractivity (Wildman–Crippen MR) is 24.2 cm³/mol. The molecule has 0 spiro atoms. The third kappa shape index (κ3) is 4.55. The van der Waals surface area contributed by atoms with E-state index < -0.39 is 0 Å². The molecule has 0 unspecified atom stereocenters. The molecule has 1 nitrogen and oxygen atoms in total. The Labute approximate surface area is 74.4 Å². The van der Waals surface area contributed by atoms with Gasteiger partial charge in [0.25, 0.3) is 0 Å². The van der Waals surface area contributed by atoms with Gasteiger partial charge in [0, 0.05) is 51.3 Å². The number of hydrogen-bond acceptors (Lipinski definition) is 1. The summed E-state index contributed by atoms with van der Waals surface area (Å²) in [6, 6.07) is 5.72. The Morgan fingerprint density at radius 2 is 1.25 bits per heavy atom. The summed E-state index contributed by atoms with van der Waals surface area (Å²) >= 11 is 0. The van der Waals surface area contributed by atoms with E-state index in [4.69, 9.17) is 0 Å². The fraction of sp³-hybridized carbons (Fsp3) is 0. The van der Waals surface area contributed by atoms with Gasteiger partial charge >= 0.3 is 0 Å². The standard InChI is InChI=1S/C5H5N.2Zn/c1-2-4-6-5-3-1;;/h1-5H;;. The molecule has 0 saturated carbocycles. The predicted octanol–water partition coefficient (Wildman–Crippen LogP) is 1.08. The van der Waals surface area contributed by atoms with Crippen LogP contribution in [0.2, 0.25) is 0 Å². The van der Waals surface area contributed by atoms with Gasteiger partial charge in [-0.05, 0) is 12.1 Å². The van der Waals surface area contributed by atoms with Gasteiger partial charge in [0.2, 0.25) is 0 Å². The van der Waals surface area contributed by atoms with E-state index >= 15 is 0 Å². The van der Waals surface area contributed by atoms with E-state index in [1.54, 1.807) is 12.4 Å². The summed E-state index contributed by atoms with van der Waals surface area (Å²) < 4.78 is 0. The van der Waals surface area contributed by atoms with Gasteiger partial charge in [-0.25, -0.2) is 0 Å². The molecule has 1 aromatic rings. The first-order valence-electron chi connectivity index (χ1n) is 1.85. The van der Waals surface area contributed by atoms with Crippen molar-refractivity contribution in [1.29, 1.82) is 0 Å². The number of aromatic nitrogens is 1. The Kier molecular flexibility index (Phi) is 10.4. The first-order chi connectivity index (χ1) is 3.00. The third-order valence-corrected chi connectivity index (χ3v) is 0.566. The smallest absolute Gasteiger partial charge is 0.0267 e. The molecule has 0 aromatic carbocycles. The second-order valence-corrected chi connectivity index (χ2v) is 1.02.